The molecule has 0 aliphatic heterocycles. The lowest BCUT2D eigenvalue weighted by molar-refractivity contribution is 0.0666. The number of furan rings is 1. The number of hydrogen-bond acceptors (Lipinski definition) is 4. The van der Waals surface area contributed by atoms with Crippen molar-refractivity contribution in [2.75, 3.05) is 20.3 Å². The first kappa shape index (κ1) is 17.0. The van der Waals surface area contributed by atoms with E-state index >= 15 is 0 Å². The second-order valence-corrected chi connectivity index (χ2v) is 5.71. The summed E-state index contributed by atoms with van der Waals surface area (Å²) < 4.78 is 12.2. The Morgan fingerprint density at radius 2 is 2.08 bits per heavy atom. The van der Waals surface area contributed by atoms with Crippen LogP contribution in [-0.2, 0) is 17.8 Å². The molecule has 0 atom stereocenters. The van der Waals surface area contributed by atoms with Crippen molar-refractivity contribution in [1.29, 1.82) is 0 Å². The highest BCUT2D eigenvalue weighted by atomic mass is 16.5. The fourth-order valence-electron chi connectivity index (χ4n) is 2.56. The van der Waals surface area contributed by atoms with Gasteiger partial charge in [-0.05, 0) is 17.7 Å². The van der Waals surface area contributed by atoms with Gasteiger partial charge in [-0.15, -0.1) is 0 Å². The maximum atomic E-state index is 12.8. The Morgan fingerprint density at radius 3 is 2.80 bits per heavy atom. The summed E-state index contributed by atoms with van der Waals surface area (Å²) in [5, 5.41) is 4.31. The average Bonchev–Trinajstić information content (AvgIpc) is 3.31. The van der Waals surface area contributed by atoms with Gasteiger partial charge in [0.05, 0.1) is 37.7 Å². The summed E-state index contributed by atoms with van der Waals surface area (Å²) in [5.41, 5.74) is 1.69. The van der Waals surface area contributed by atoms with Gasteiger partial charge >= 0.3 is 0 Å². The molecule has 25 heavy (non-hydrogen) atoms. The van der Waals surface area contributed by atoms with Crippen LogP contribution in [0.15, 0.2) is 65.5 Å². The topological polar surface area (TPSA) is 60.5 Å². The van der Waals surface area contributed by atoms with Crippen molar-refractivity contribution in [2.45, 2.75) is 13.1 Å². The molecule has 0 N–H and O–H groups in total. The van der Waals surface area contributed by atoms with Crippen LogP contribution >= 0.6 is 0 Å². The molecule has 3 rings (SSSR count). The fourth-order valence-corrected chi connectivity index (χ4v) is 2.56. The number of carbonyl (C=O) groups is 1. The Kier molecular flexibility index (Phi) is 5.64. The summed E-state index contributed by atoms with van der Waals surface area (Å²) in [6.45, 7) is 1.98. The Labute approximate surface area is 146 Å². The highest BCUT2D eigenvalue weighted by Crippen LogP contribution is 2.11. The van der Waals surface area contributed by atoms with Crippen LogP contribution in [0, 0.1) is 0 Å². The average molecular weight is 339 g/mol. The van der Waals surface area contributed by atoms with Gasteiger partial charge in [-0.3, -0.25) is 9.48 Å². The molecule has 0 radical (unpaired) electrons. The minimum atomic E-state index is -0.0900. The van der Waals surface area contributed by atoms with Gasteiger partial charge in [-0.25, -0.2) is 0 Å². The molecule has 6 nitrogen and oxygen atoms in total. The smallest absolute Gasteiger partial charge is 0.257 e. The highest BCUT2D eigenvalue weighted by molar-refractivity contribution is 5.93. The van der Waals surface area contributed by atoms with E-state index in [0.717, 1.165) is 11.3 Å². The van der Waals surface area contributed by atoms with Crippen molar-refractivity contribution in [1.82, 2.24) is 14.7 Å². The molecular formula is C19H21N3O3. The normalized spacial score (nSPS) is 10.8. The van der Waals surface area contributed by atoms with Gasteiger partial charge in [0, 0.05) is 19.9 Å². The number of benzene rings is 1. The van der Waals surface area contributed by atoms with Gasteiger partial charge in [0.2, 0.25) is 0 Å². The molecule has 0 aliphatic rings. The molecule has 1 aromatic carbocycles. The van der Waals surface area contributed by atoms with E-state index in [2.05, 4.69) is 5.10 Å². The largest absolute Gasteiger partial charge is 0.467 e. The van der Waals surface area contributed by atoms with E-state index in [1.807, 2.05) is 42.5 Å². The first-order chi connectivity index (χ1) is 12.3. The van der Waals surface area contributed by atoms with E-state index in [1.165, 1.54) is 0 Å². The zero-order valence-electron chi connectivity index (χ0n) is 14.2. The quantitative estimate of drug-likeness (QED) is 0.633. The van der Waals surface area contributed by atoms with Crippen molar-refractivity contribution < 1.29 is 13.9 Å². The van der Waals surface area contributed by atoms with Crippen LogP contribution in [0.5, 0.6) is 0 Å². The molecule has 0 aliphatic carbocycles. The molecule has 1 amide bonds. The van der Waals surface area contributed by atoms with Crippen LogP contribution in [0.1, 0.15) is 21.7 Å². The molecule has 0 unspecified atom stereocenters. The molecule has 3 aromatic rings. The number of hydrogen-bond donors (Lipinski definition) is 0. The maximum Gasteiger partial charge on any atom is 0.257 e. The van der Waals surface area contributed by atoms with Gasteiger partial charge in [-0.1, -0.05) is 30.3 Å². The zero-order valence-corrected chi connectivity index (χ0v) is 14.2. The van der Waals surface area contributed by atoms with Crippen molar-refractivity contribution >= 4 is 5.91 Å². The molecule has 6 heteroatoms. The predicted molar refractivity (Wildman–Crippen MR) is 93.1 cm³/mol. The van der Waals surface area contributed by atoms with Gasteiger partial charge in [0.25, 0.3) is 5.91 Å². The van der Waals surface area contributed by atoms with Gasteiger partial charge in [0.15, 0.2) is 0 Å². The first-order valence-electron chi connectivity index (χ1n) is 8.13. The van der Waals surface area contributed by atoms with Crippen molar-refractivity contribution in [3.05, 3.63) is 78.0 Å². The fraction of sp³-hybridized carbons (Fsp3) is 0.263. The Balaban J connectivity index is 1.70. The molecule has 0 bridgehead atoms. The minimum absolute atomic E-state index is 0.0900. The molecular weight excluding hydrogens is 318 g/mol. The number of aromatic nitrogens is 2. The van der Waals surface area contributed by atoms with Crippen LogP contribution in [0.2, 0.25) is 0 Å². The second kappa shape index (κ2) is 8.30. The number of methoxy groups -OCH3 is 1. The molecule has 0 spiro atoms. The Hall–Kier alpha value is -2.86. The van der Waals surface area contributed by atoms with E-state index in [-0.39, 0.29) is 5.91 Å². The third-order valence-corrected chi connectivity index (χ3v) is 3.85. The first-order valence-corrected chi connectivity index (χ1v) is 8.13. The lowest BCUT2D eigenvalue weighted by Crippen LogP contribution is -2.33. The van der Waals surface area contributed by atoms with E-state index in [4.69, 9.17) is 9.15 Å². The number of carbonyl (C=O) groups excluding carboxylic acids is 1. The van der Waals surface area contributed by atoms with Crippen LogP contribution < -0.4 is 0 Å². The van der Waals surface area contributed by atoms with Gasteiger partial charge in [-0.2, -0.15) is 5.10 Å². The van der Waals surface area contributed by atoms with Crippen molar-refractivity contribution in [3.8, 4) is 0 Å². The molecule has 2 heterocycles. The van der Waals surface area contributed by atoms with E-state index < -0.39 is 0 Å². The Morgan fingerprint density at radius 1 is 1.24 bits per heavy atom. The van der Waals surface area contributed by atoms with Gasteiger partial charge in [0.1, 0.15) is 5.76 Å². The Bertz CT molecular complexity index is 781. The summed E-state index contributed by atoms with van der Waals surface area (Å²) in [4.78, 5) is 14.5. The highest BCUT2D eigenvalue weighted by Gasteiger charge is 2.18. The predicted octanol–water partition coefficient (Wildman–Crippen LogP) is 2.81. The van der Waals surface area contributed by atoms with Gasteiger partial charge < -0.3 is 14.1 Å². The molecule has 2 aromatic heterocycles. The summed E-state index contributed by atoms with van der Waals surface area (Å²) >= 11 is 0. The summed E-state index contributed by atoms with van der Waals surface area (Å²) in [6, 6.07) is 13.7. The third kappa shape index (κ3) is 4.58. The van der Waals surface area contributed by atoms with Crippen LogP contribution in [0.4, 0.5) is 0 Å². The standard InChI is InChI=1S/C19H21N3O3/c1-24-11-9-21(15-18-8-5-10-25-18)19(23)17-12-20-22(14-17)13-16-6-3-2-4-7-16/h2-8,10,12,14H,9,11,13,15H2,1H3. The minimum Gasteiger partial charge on any atom is -0.467 e. The summed E-state index contributed by atoms with van der Waals surface area (Å²) in [6.07, 6.45) is 4.98. The van der Waals surface area contributed by atoms with Crippen LogP contribution in [-0.4, -0.2) is 40.8 Å². The lowest BCUT2D eigenvalue weighted by Gasteiger charge is -2.20. The van der Waals surface area contributed by atoms with E-state index in [1.54, 1.807) is 35.3 Å². The zero-order chi connectivity index (χ0) is 17.5. The summed E-state index contributed by atoms with van der Waals surface area (Å²) in [5.74, 6) is 0.647. The number of amides is 1. The van der Waals surface area contributed by atoms with Crippen molar-refractivity contribution in [3.63, 3.8) is 0 Å². The van der Waals surface area contributed by atoms with E-state index in [9.17, 15) is 4.79 Å². The summed E-state index contributed by atoms with van der Waals surface area (Å²) in [7, 11) is 1.62. The van der Waals surface area contributed by atoms with Crippen LogP contribution in [0.25, 0.3) is 0 Å². The van der Waals surface area contributed by atoms with E-state index in [0.29, 0.717) is 31.8 Å². The molecule has 0 saturated heterocycles. The number of rotatable bonds is 8. The molecule has 0 saturated carbocycles. The van der Waals surface area contributed by atoms with Crippen LogP contribution in [0.3, 0.4) is 0 Å². The third-order valence-electron chi connectivity index (χ3n) is 3.85. The second-order valence-electron chi connectivity index (χ2n) is 5.71. The maximum absolute atomic E-state index is 12.8. The molecule has 0 fully saturated rings. The van der Waals surface area contributed by atoms with Crippen molar-refractivity contribution in [2.24, 2.45) is 0 Å². The monoisotopic (exact) mass is 339 g/mol. The number of nitrogens with zero attached hydrogens (tertiary/aromatic N) is 3. The molecule has 130 valence electrons. The lowest BCUT2D eigenvalue weighted by atomic mass is 10.2. The number of ether oxygens (including phenoxy) is 1. The SMILES string of the molecule is COCCN(Cc1ccco1)C(=O)c1cnn(Cc2ccccc2)c1.